The molecule has 0 bridgehead atoms. The zero-order chi connectivity index (χ0) is 19.9. The normalized spacial score (nSPS) is 10.4. The summed E-state index contributed by atoms with van der Waals surface area (Å²) in [4.78, 5) is 10.4. The zero-order valence-corrected chi connectivity index (χ0v) is 15.2. The smallest absolute Gasteiger partial charge is 0.271 e. The van der Waals surface area contributed by atoms with Crippen LogP contribution in [0.5, 0.6) is 11.5 Å². The summed E-state index contributed by atoms with van der Waals surface area (Å²) in [6.07, 6.45) is 0. The standard InChI is InChI=1S/C21H19FN2O4/c1-27-21-11-15(13-23-17-6-4-7-18(12-17)24(25)26)9-10-20(21)28-14-16-5-2-3-8-19(16)22/h2-12,23H,13-14H2,1H3. The van der Waals surface area contributed by atoms with E-state index in [9.17, 15) is 14.5 Å². The number of non-ortho nitro benzene ring substituents is 1. The average Bonchev–Trinajstić information content (AvgIpc) is 2.72. The van der Waals surface area contributed by atoms with Crippen LogP contribution in [0.2, 0.25) is 0 Å². The van der Waals surface area contributed by atoms with Gasteiger partial charge in [-0.05, 0) is 29.8 Å². The minimum absolute atomic E-state index is 0.0273. The SMILES string of the molecule is COc1cc(CNc2cccc([N+](=O)[O-])c2)ccc1OCc1ccccc1F. The van der Waals surface area contributed by atoms with Gasteiger partial charge in [0.1, 0.15) is 12.4 Å². The highest BCUT2D eigenvalue weighted by Crippen LogP contribution is 2.29. The monoisotopic (exact) mass is 382 g/mol. The molecule has 28 heavy (non-hydrogen) atoms. The van der Waals surface area contributed by atoms with E-state index in [1.165, 1.54) is 25.3 Å². The van der Waals surface area contributed by atoms with Gasteiger partial charge in [0.15, 0.2) is 11.5 Å². The quantitative estimate of drug-likeness (QED) is 0.441. The highest BCUT2D eigenvalue weighted by Gasteiger charge is 2.09. The molecule has 0 amide bonds. The van der Waals surface area contributed by atoms with E-state index in [1.807, 2.05) is 6.07 Å². The zero-order valence-electron chi connectivity index (χ0n) is 15.2. The number of ether oxygens (including phenoxy) is 2. The molecule has 0 spiro atoms. The Hall–Kier alpha value is -3.61. The Morgan fingerprint density at radius 3 is 2.61 bits per heavy atom. The van der Waals surface area contributed by atoms with Gasteiger partial charge < -0.3 is 14.8 Å². The third kappa shape index (κ3) is 4.76. The van der Waals surface area contributed by atoms with Gasteiger partial charge in [-0.2, -0.15) is 0 Å². The van der Waals surface area contributed by atoms with Crippen LogP contribution in [0.1, 0.15) is 11.1 Å². The fraction of sp³-hybridized carbons (Fsp3) is 0.143. The van der Waals surface area contributed by atoms with Gasteiger partial charge in [-0.25, -0.2) is 4.39 Å². The second-order valence-electron chi connectivity index (χ2n) is 6.03. The van der Waals surface area contributed by atoms with Crippen LogP contribution < -0.4 is 14.8 Å². The summed E-state index contributed by atoms with van der Waals surface area (Å²) in [5.41, 5.74) is 2.04. The molecule has 0 heterocycles. The number of benzene rings is 3. The summed E-state index contributed by atoms with van der Waals surface area (Å²) in [7, 11) is 1.53. The van der Waals surface area contributed by atoms with Gasteiger partial charge in [0, 0.05) is 29.9 Å². The topological polar surface area (TPSA) is 73.6 Å². The predicted octanol–water partition coefficient (Wildman–Crippen LogP) is 4.93. The van der Waals surface area contributed by atoms with Crippen molar-refractivity contribution in [3.05, 3.63) is 93.8 Å². The molecule has 6 nitrogen and oxygen atoms in total. The van der Waals surface area contributed by atoms with E-state index in [-0.39, 0.29) is 18.1 Å². The van der Waals surface area contributed by atoms with Gasteiger partial charge in [0.05, 0.1) is 12.0 Å². The number of nitro benzene ring substituents is 1. The van der Waals surface area contributed by atoms with Crippen molar-refractivity contribution in [2.45, 2.75) is 13.2 Å². The summed E-state index contributed by atoms with van der Waals surface area (Å²) in [6, 6.07) is 18.1. The van der Waals surface area contributed by atoms with Gasteiger partial charge in [0.25, 0.3) is 5.69 Å². The van der Waals surface area contributed by atoms with Crippen LogP contribution in [0.25, 0.3) is 0 Å². The predicted molar refractivity (Wildman–Crippen MR) is 104 cm³/mol. The van der Waals surface area contributed by atoms with Gasteiger partial charge in [-0.15, -0.1) is 0 Å². The van der Waals surface area contributed by atoms with Crippen molar-refractivity contribution in [1.29, 1.82) is 0 Å². The van der Waals surface area contributed by atoms with Crippen LogP contribution in [-0.4, -0.2) is 12.0 Å². The molecule has 0 aliphatic rings. The van der Waals surface area contributed by atoms with Crippen molar-refractivity contribution in [1.82, 2.24) is 0 Å². The summed E-state index contributed by atoms with van der Waals surface area (Å²) < 4.78 is 24.8. The summed E-state index contributed by atoms with van der Waals surface area (Å²) >= 11 is 0. The highest BCUT2D eigenvalue weighted by atomic mass is 19.1. The lowest BCUT2D eigenvalue weighted by atomic mass is 10.2. The lowest BCUT2D eigenvalue weighted by molar-refractivity contribution is -0.384. The number of halogens is 1. The van der Waals surface area contributed by atoms with Gasteiger partial charge in [-0.1, -0.05) is 30.3 Å². The molecular formula is C21H19FN2O4. The fourth-order valence-corrected chi connectivity index (χ4v) is 2.65. The van der Waals surface area contributed by atoms with E-state index in [2.05, 4.69) is 5.32 Å². The molecule has 0 radical (unpaired) electrons. The van der Waals surface area contributed by atoms with E-state index < -0.39 is 4.92 Å². The summed E-state index contributed by atoms with van der Waals surface area (Å²) in [6.45, 7) is 0.541. The highest BCUT2D eigenvalue weighted by molar-refractivity contribution is 5.52. The number of anilines is 1. The molecule has 3 aromatic rings. The number of nitrogens with one attached hydrogen (secondary N) is 1. The maximum Gasteiger partial charge on any atom is 0.271 e. The van der Waals surface area contributed by atoms with Crippen molar-refractivity contribution in [3.8, 4) is 11.5 Å². The maximum atomic E-state index is 13.7. The molecular weight excluding hydrogens is 363 g/mol. The van der Waals surface area contributed by atoms with Crippen molar-refractivity contribution in [2.24, 2.45) is 0 Å². The van der Waals surface area contributed by atoms with Crippen LogP contribution in [0.15, 0.2) is 66.7 Å². The van der Waals surface area contributed by atoms with Gasteiger partial charge >= 0.3 is 0 Å². The van der Waals surface area contributed by atoms with Crippen LogP contribution in [0.4, 0.5) is 15.8 Å². The first-order valence-electron chi connectivity index (χ1n) is 8.58. The molecule has 144 valence electrons. The third-order valence-electron chi connectivity index (χ3n) is 4.12. The Morgan fingerprint density at radius 2 is 1.86 bits per heavy atom. The van der Waals surface area contributed by atoms with Gasteiger partial charge in [-0.3, -0.25) is 10.1 Å². The van der Waals surface area contributed by atoms with E-state index in [1.54, 1.807) is 42.5 Å². The van der Waals surface area contributed by atoms with Crippen LogP contribution in [-0.2, 0) is 13.2 Å². The molecule has 0 saturated heterocycles. The molecule has 3 rings (SSSR count). The minimum Gasteiger partial charge on any atom is -0.493 e. The Labute approximate surface area is 161 Å². The van der Waals surface area contributed by atoms with Crippen molar-refractivity contribution in [2.75, 3.05) is 12.4 Å². The first-order chi connectivity index (χ1) is 13.6. The molecule has 7 heteroatoms. The second kappa shape index (κ2) is 8.85. The Balaban J connectivity index is 1.66. The molecule has 0 unspecified atom stereocenters. The number of nitro groups is 1. The number of rotatable bonds is 8. The molecule has 3 aromatic carbocycles. The van der Waals surface area contributed by atoms with Crippen molar-refractivity contribution >= 4 is 11.4 Å². The Bertz CT molecular complexity index is 978. The minimum atomic E-state index is -0.435. The van der Waals surface area contributed by atoms with E-state index in [4.69, 9.17) is 9.47 Å². The van der Waals surface area contributed by atoms with Crippen molar-refractivity contribution in [3.63, 3.8) is 0 Å². The number of hydrogen-bond donors (Lipinski definition) is 1. The largest absolute Gasteiger partial charge is 0.493 e. The molecule has 0 atom stereocenters. The molecule has 0 aliphatic heterocycles. The van der Waals surface area contributed by atoms with Crippen LogP contribution in [0, 0.1) is 15.9 Å². The Morgan fingerprint density at radius 1 is 1.04 bits per heavy atom. The lowest BCUT2D eigenvalue weighted by Gasteiger charge is -2.13. The summed E-state index contributed by atoms with van der Waals surface area (Å²) in [5, 5.41) is 14.0. The summed E-state index contributed by atoms with van der Waals surface area (Å²) in [5.74, 6) is 0.707. The molecule has 0 fully saturated rings. The number of hydrogen-bond acceptors (Lipinski definition) is 5. The molecule has 0 aliphatic carbocycles. The van der Waals surface area contributed by atoms with Crippen molar-refractivity contribution < 1.29 is 18.8 Å². The first-order valence-corrected chi connectivity index (χ1v) is 8.58. The average molecular weight is 382 g/mol. The van der Waals surface area contributed by atoms with E-state index in [0.29, 0.717) is 29.3 Å². The fourth-order valence-electron chi connectivity index (χ4n) is 2.65. The molecule has 0 aromatic heterocycles. The first kappa shape index (κ1) is 19.2. The van der Waals surface area contributed by atoms with E-state index >= 15 is 0 Å². The van der Waals surface area contributed by atoms with Crippen LogP contribution >= 0.6 is 0 Å². The van der Waals surface area contributed by atoms with Gasteiger partial charge in [0.2, 0.25) is 0 Å². The second-order valence-corrected chi connectivity index (χ2v) is 6.03. The van der Waals surface area contributed by atoms with Crippen LogP contribution in [0.3, 0.4) is 0 Å². The number of methoxy groups -OCH3 is 1. The maximum absolute atomic E-state index is 13.7. The molecule has 0 saturated carbocycles. The Kier molecular flexibility index (Phi) is 6.06. The third-order valence-corrected chi connectivity index (χ3v) is 4.12. The number of nitrogens with zero attached hydrogens (tertiary/aromatic N) is 1. The molecule has 1 N–H and O–H groups in total. The lowest BCUT2D eigenvalue weighted by Crippen LogP contribution is -2.03. The van der Waals surface area contributed by atoms with E-state index in [0.717, 1.165) is 5.56 Å².